The first kappa shape index (κ1) is 22.9. The van der Waals surface area contributed by atoms with E-state index >= 15 is 0 Å². The van der Waals surface area contributed by atoms with Crippen molar-refractivity contribution < 1.29 is 4.79 Å². The molecule has 0 N–H and O–H groups in total. The third kappa shape index (κ3) is 4.07. The molecule has 0 atom stereocenters. The molecule has 2 aliphatic rings. The Morgan fingerprint density at radius 3 is 2.58 bits per heavy atom. The molecule has 0 bridgehead atoms. The smallest absolute Gasteiger partial charge is 0.165 e. The zero-order chi connectivity index (χ0) is 24.7. The zero-order valence-electron chi connectivity index (χ0n) is 20.2. The first-order valence-corrected chi connectivity index (χ1v) is 12.9. The Bertz CT molecular complexity index is 1460. The number of benzene rings is 2. The molecule has 182 valence electrons. The maximum atomic E-state index is 10.5. The highest BCUT2D eigenvalue weighted by Crippen LogP contribution is 2.51. The van der Waals surface area contributed by atoms with Gasteiger partial charge in [-0.25, -0.2) is 0 Å². The Kier molecular flexibility index (Phi) is 5.80. The van der Waals surface area contributed by atoms with Crippen molar-refractivity contribution in [1.82, 2.24) is 24.5 Å². The van der Waals surface area contributed by atoms with Crippen molar-refractivity contribution in [1.29, 1.82) is 0 Å². The number of fused-ring (bicyclic) bond motifs is 4. The van der Waals surface area contributed by atoms with Gasteiger partial charge in [0.15, 0.2) is 5.82 Å². The van der Waals surface area contributed by atoms with Gasteiger partial charge in [-0.3, -0.25) is 14.2 Å². The predicted molar refractivity (Wildman–Crippen MR) is 140 cm³/mol. The highest BCUT2D eigenvalue weighted by Gasteiger charge is 2.51. The summed E-state index contributed by atoms with van der Waals surface area (Å²) in [6, 6.07) is 14.4. The lowest BCUT2D eigenvalue weighted by Crippen LogP contribution is -2.11. The molecule has 36 heavy (non-hydrogen) atoms. The second kappa shape index (κ2) is 9.13. The zero-order valence-corrected chi connectivity index (χ0v) is 20.9. The summed E-state index contributed by atoms with van der Waals surface area (Å²) in [6.07, 6.45) is 10.5. The fraction of sp³-hybridized carbons (Fsp3) is 0.321. The Morgan fingerprint density at radius 1 is 1.00 bits per heavy atom. The minimum atomic E-state index is -0.329. The van der Waals surface area contributed by atoms with Gasteiger partial charge in [-0.1, -0.05) is 36.2 Å². The van der Waals surface area contributed by atoms with E-state index in [1.807, 2.05) is 42.1 Å². The van der Waals surface area contributed by atoms with Crippen LogP contribution in [0.15, 0.2) is 59.9 Å². The monoisotopic (exact) mass is 498 g/mol. The van der Waals surface area contributed by atoms with Crippen LogP contribution in [0.1, 0.15) is 61.3 Å². The van der Waals surface area contributed by atoms with Crippen LogP contribution in [0.2, 0.25) is 5.02 Å². The van der Waals surface area contributed by atoms with Crippen LogP contribution in [-0.2, 0) is 16.9 Å². The molecule has 1 fully saturated rings. The van der Waals surface area contributed by atoms with E-state index in [1.54, 1.807) is 0 Å². The molecule has 1 spiro atoms. The minimum Gasteiger partial charge on any atom is -0.303 e. The molecule has 4 aromatic rings. The number of aliphatic imine (C=N–C) groups is 1. The Balaban J connectivity index is 1.41. The Labute approximate surface area is 214 Å². The number of aldehydes is 1. The van der Waals surface area contributed by atoms with Crippen molar-refractivity contribution in [2.45, 2.75) is 57.5 Å². The van der Waals surface area contributed by atoms with Crippen LogP contribution in [0.5, 0.6) is 0 Å². The standard InChI is InChI=1S/C28H27ClN6O/c1-19-32-33-27-28(12-13-28)31-26(20-6-9-23(29)10-7-20)24-16-21(8-11-25(24)35(19)27)22-17-30-34(18-22)14-4-2-3-5-15-36/h6-11,15-18H,2-5,12-14H2,1H3. The van der Waals surface area contributed by atoms with E-state index in [2.05, 4.69) is 44.3 Å². The van der Waals surface area contributed by atoms with E-state index in [4.69, 9.17) is 16.6 Å². The molecule has 0 unspecified atom stereocenters. The largest absolute Gasteiger partial charge is 0.303 e. The van der Waals surface area contributed by atoms with Crippen molar-refractivity contribution in [2.24, 2.45) is 4.99 Å². The molecule has 0 radical (unpaired) electrons. The Morgan fingerprint density at radius 2 is 1.81 bits per heavy atom. The number of rotatable bonds is 8. The first-order valence-electron chi connectivity index (χ1n) is 12.5. The molecular weight excluding hydrogens is 472 g/mol. The van der Waals surface area contributed by atoms with E-state index in [1.165, 1.54) is 0 Å². The fourth-order valence-electron chi connectivity index (χ4n) is 4.97. The minimum absolute atomic E-state index is 0.329. The van der Waals surface area contributed by atoms with Gasteiger partial charge in [-0.2, -0.15) is 5.10 Å². The number of carbonyl (C=O) groups is 1. The van der Waals surface area contributed by atoms with Crippen LogP contribution < -0.4 is 0 Å². The predicted octanol–water partition coefficient (Wildman–Crippen LogP) is 5.69. The maximum absolute atomic E-state index is 10.5. The van der Waals surface area contributed by atoms with Crippen LogP contribution in [0, 0.1) is 6.92 Å². The van der Waals surface area contributed by atoms with Gasteiger partial charge in [-0.15, -0.1) is 10.2 Å². The van der Waals surface area contributed by atoms with E-state index in [0.29, 0.717) is 11.4 Å². The molecule has 7 nitrogen and oxygen atoms in total. The van der Waals surface area contributed by atoms with E-state index in [0.717, 1.165) is 90.2 Å². The summed E-state index contributed by atoms with van der Waals surface area (Å²) in [5.74, 6) is 1.78. The van der Waals surface area contributed by atoms with Gasteiger partial charge in [0.1, 0.15) is 17.6 Å². The van der Waals surface area contributed by atoms with Crippen molar-refractivity contribution >= 4 is 23.6 Å². The second-order valence-corrected chi connectivity index (χ2v) is 10.1. The summed E-state index contributed by atoms with van der Waals surface area (Å²) in [5, 5.41) is 14.2. The number of hydrogen-bond acceptors (Lipinski definition) is 5. The van der Waals surface area contributed by atoms with Crippen LogP contribution in [0.3, 0.4) is 0 Å². The first-order chi connectivity index (χ1) is 17.6. The van der Waals surface area contributed by atoms with E-state index in [-0.39, 0.29) is 5.54 Å². The van der Waals surface area contributed by atoms with E-state index in [9.17, 15) is 4.79 Å². The van der Waals surface area contributed by atoms with Crippen LogP contribution in [-0.4, -0.2) is 36.5 Å². The molecule has 0 saturated heterocycles. The second-order valence-electron chi connectivity index (χ2n) is 9.65. The molecule has 1 saturated carbocycles. The molecule has 8 heteroatoms. The summed E-state index contributed by atoms with van der Waals surface area (Å²) in [4.78, 5) is 15.8. The topological polar surface area (TPSA) is 78.0 Å². The number of carbonyl (C=O) groups excluding carboxylic acids is 1. The third-order valence-electron chi connectivity index (χ3n) is 7.08. The average Bonchev–Trinajstić information content (AvgIpc) is 3.36. The average molecular weight is 499 g/mol. The molecule has 1 aliphatic heterocycles. The SMILES string of the molecule is Cc1nnc2n1-c1ccc(-c3cnn(CCCCCC=O)c3)cc1C(c1ccc(Cl)cc1)=NC21CC1. The quantitative estimate of drug-likeness (QED) is 0.231. The van der Waals surface area contributed by atoms with Crippen molar-refractivity contribution in [3.63, 3.8) is 0 Å². The van der Waals surface area contributed by atoms with Crippen LogP contribution in [0.4, 0.5) is 0 Å². The highest BCUT2D eigenvalue weighted by atomic mass is 35.5. The van der Waals surface area contributed by atoms with E-state index < -0.39 is 0 Å². The molecule has 6 rings (SSSR count). The van der Waals surface area contributed by atoms with Gasteiger partial charge >= 0.3 is 0 Å². The van der Waals surface area contributed by atoms with Crippen molar-refractivity contribution in [3.05, 3.63) is 82.7 Å². The van der Waals surface area contributed by atoms with Gasteiger partial charge in [0.25, 0.3) is 0 Å². The van der Waals surface area contributed by atoms with Crippen molar-refractivity contribution in [2.75, 3.05) is 0 Å². The molecule has 2 aromatic carbocycles. The van der Waals surface area contributed by atoms with Gasteiger partial charge in [0, 0.05) is 40.9 Å². The number of aryl methyl sites for hydroxylation is 2. The van der Waals surface area contributed by atoms with Crippen LogP contribution in [0.25, 0.3) is 16.8 Å². The molecular formula is C28H27ClN6O. The molecule has 1 aliphatic carbocycles. The van der Waals surface area contributed by atoms with Gasteiger partial charge in [0.2, 0.25) is 0 Å². The number of unbranched alkanes of at least 4 members (excludes halogenated alkanes) is 3. The number of hydrogen-bond donors (Lipinski definition) is 0. The summed E-state index contributed by atoms with van der Waals surface area (Å²) in [5.41, 5.74) is 5.89. The number of nitrogens with zero attached hydrogens (tertiary/aromatic N) is 6. The van der Waals surface area contributed by atoms with Gasteiger partial charge in [-0.05, 0) is 62.4 Å². The number of aromatic nitrogens is 5. The lowest BCUT2D eigenvalue weighted by atomic mass is 9.96. The van der Waals surface area contributed by atoms with Crippen LogP contribution >= 0.6 is 11.6 Å². The molecule has 0 amide bonds. The maximum Gasteiger partial charge on any atom is 0.165 e. The van der Waals surface area contributed by atoms with Gasteiger partial charge < -0.3 is 4.79 Å². The lowest BCUT2D eigenvalue weighted by Gasteiger charge is -2.14. The highest BCUT2D eigenvalue weighted by molar-refractivity contribution is 6.30. The molecule has 2 aromatic heterocycles. The normalized spacial score (nSPS) is 15.2. The lowest BCUT2D eigenvalue weighted by molar-refractivity contribution is -0.107. The summed E-state index contributed by atoms with van der Waals surface area (Å²) in [7, 11) is 0. The fourth-order valence-corrected chi connectivity index (χ4v) is 5.10. The summed E-state index contributed by atoms with van der Waals surface area (Å²) < 4.78 is 4.15. The number of halogens is 1. The summed E-state index contributed by atoms with van der Waals surface area (Å²) >= 11 is 6.21. The third-order valence-corrected chi connectivity index (χ3v) is 7.33. The van der Waals surface area contributed by atoms with Crippen molar-refractivity contribution in [3.8, 4) is 16.8 Å². The van der Waals surface area contributed by atoms with Gasteiger partial charge in [0.05, 0.1) is 17.6 Å². The Hall–Kier alpha value is -3.58. The summed E-state index contributed by atoms with van der Waals surface area (Å²) in [6.45, 7) is 2.84. The molecule has 3 heterocycles.